The minimum Gasteiger partial charge on any atom is -0.507 e. The summed E-state index contributed by atoms with van der Waals surface area (Å²) >= 11 is 5.83. The number of hydrogen-bond donors (Lipinski definition) is 2. The average Bonchev–Trinajstić information content (AvgIpc) is 2.86. The van der Waals surface area contributed by atoms with Crippen LogP contribution in [-0.2, 0) is 4.79 Å². The number of carboxylic acid groups (broad SMARTS) is 1. The van der Waals surface area contributed by atoms with Crippen molar-refractivity contribution in [1.82, 2.24) is 4.90 Å². The van der Waals surface area contributed by atoms with Crippen molar-refractivity contribution in [1.29, 1.82) is 0 Å². The third kappa shape index (κ3) is 2.45. The number of halogens is 1. The number of amides is 1. The summed E-state index contributed by atoms with van der Waals surface area (Å²) in [6.45, 7) is 2.33. The van der Waals surface area contributed by atoms with Gasteiger partial charge in [-0.3, -0.25) is 9.59 Å². The van der Waals surface area contributed by atoms with Gasteiger partial charge in [0.1, 0.15) is 5.75 Å². The molecule has 0 spiro atoms. The second kappa shape index (κ2) is 5.32. The number of phenolic OH excluding ortho intramolecular Hbond substituents is 1. The van der Waals surface area contributed by atoms with Crippen LogP contribution in [0.2, 0.25) is 5.02 Å². The van der Waals surface area contributed by atoms with Crippen molar-refractivity contribution < 1.29 is 19.8 Å². The Morgan fingerprint density at radius 2 is 2.15 bits per heavy atom. The normalized spacial score (nSPS) is 22.0. The molecular weight excluding hydrogens is 282 g/mol. The molecule has 1 atom stereocenters. The standard InChI is InChI=1S/C14H16ClNO4/c1-2-14(13(19)20)5-6-16(8-14)12(18)10-7-9(15)3-4-11(10)17/h3-4,7,17H,2,5-6,8H2,1H3,(H,19,20). The molecule has 1 fully saturated rings. The summed E-state index contributed by atoms with van der Waals surface area (Å²) in [5.74, 6) is -1.42. The Hall–Kier alpha value is -1.75. The molecule has 108 valence electrons. The van der Waals surface area contributed by atoms with Gasteiger partial charge in [0.15, 0.2) is 0 Å². The van der Waals surface area contributed by atoms with Crippen LogP contribution in [0.3, 0.4) is 0 Å². The van der Waals surface area contributed by atoms with Gasteiger partial charge in [-0.2, -0.15) is 0 Å². The van der Waals surface area contributed by atoms with Crippen LogP contribution in [0.4, 0.5) is 0 Å². The van der Waals surface area contributed by atoms with E-state index in [2.05, 4.69) is 0 Å². The largest absolute Gasteiger partial charge is 0.507 e. The number of phenols is 1. The molecule has 1 heterocycles. The summed E-state index contributed by atoms with van der Waals surface area (Å²) in [5.41, 5.74) is -0.779. The van der Waals surface area contributed by atoms with E-state index in [0.29, 0.717) is 24.4 Å². The second-order valence-electron chi connectivity index (χ2n) is 5.08. The maximum absolute atomic E-state index is 12.4. The third-order valence-electron chi connectivity index (χ3n) is 3.96. The molecule has 6 heteroatoms. The number of nitrogens with zero attached hydrogens (tertiary/aromatic N) is 1. The first kappa shape index (κ1) is 14.7. The average molecular weight is 298 g/mol. The summed E-state index contributed by atoms with van der Waals surface area (Å²) in [6.07, 6.45) is 0.888. The van der Waals surface area contributed by atoms with Crippen molar-refractivity contribution in [3.05, 3.63) is 28.8 Å². The van der Waals surface area contributed by atoms with Crippen LogP contribution in [0.25, 0.3) is 0 Å². The second-order valence-corrected chi connectivity index (χ2v) is 5.51. The molecule has 20 heavy (non-hydrogen) atoms. The van der Waals surface area contributed by atoms with Gasteiger partial charge in [0.25, 0.3) is 5.91 Å². The van der Waals surface area contributed by atoms with E-state index in [4.69, 9.17) is 11.6 Å². The number of carbonyl (C=O) groups excluding carboxylic acids is 1. The van der Waals surface area contributed by atoms with Gasteiger partial charge in [-0.05, 0) is 31.0 Å². The fraction of sp³-hybridized carbons (Fsp3) is 0.429. The van der Waals surface area contributed by atoms with Crippen molar-refractivity contribution in [3.8, 4) is 5.75 Å². The Morgan fingerprint density at radius 3 is 2.70 bits per heavy atom. The molecule has 2 N–H and O–H groups in total. The highest BCUT2D eigenvalue weighted by molar-refractivity contribution is 6.31. The molecule has 0 radical (unpaired) electrons. The smallest absolute Gasteiger partial charge is 0.311 e. The number of aromatic hydroxyl groups is 1. The summed E-state index contributed by atoms with van der Waals surface area (Å²) in [5, 5.41) is 19.4. The number of likely N-dealkylation sites (tertiary alicyclic amines) is 1. The third-order valence-corrected chi connectivity index (χ3v) is 4.20. The van der Waals surface area contributed by atoms with E-state index >= 15 is 0 Å². The molecule has 1 aromatic rings. The molecule has 0 aliphatic carbocycles. The van der Waals surface area contributed by atoms with Gasteiger partial charge in [-0.1, -0.05) is 18.5 Å². The van der Waals surface area contributed by atoms with Gasteiger partial charge in [-0.25, -0.2) is 0 Å². The van der Waals surface area contributed by atoms with Crippen LogP contribution < -0.4 is 0 Å². The van der Waals surface area contributed by atoms with Crippen LogP contribution >= 0.6 is 11.6 Å². The highest BCUT2D eigenvalue weighted by atomic mass is 35.5. The monoisotopic (exact) mass is 297 g/mol. The fourth-order valence-corrected chi connectivity index (χ4v) is 2.68. The Morgan fingerprint density at radius 1 is 1.45 bits per heavy atom. The first-order valence-corrected chi connectivity index (χ1v) is 6.78. The zero-order valence-corrected chi connectivity index (χ0v) is 11.9. The molecular formula is C14H16ClNO4. The number of rotatable bonds is 3. The number of carboxylic acids is 1. The van der Waals surface area contributed by atoms with E-state index in [1.165, 1.54) is 23.1 Å². The summed E-state index contributed by atoms with van der Waals surface area (Å²) in [4.78, 5) is 25.2. The fourth-order valence-electron chi connectivity index (χ4n) is 2.51. The van der Waals surface area contributed by atoms with E-state index in [1.54, 1.807) is 6.92 Å². The van der Waals surface area contributed by atoms with Gasteiger partial charge in [0.2, 0.25) is 0 Å². The van der Waals surface area contributed by atoms with Gasteiger partial charge in [0, 0.05) is 18.1 Å². The molecule has 0 saturated carbocycles. The first-order valence-electron chi connectivity index (χ1n) is 6.41. The molecule has 1 aliphatic heterocycles. The summed E-state index contributed by atoms with van der Waals surface area (Å²) in [7, 11) is 0. The molecule has 5 nitrogen and oxygen atoms in total. The van der Waals surface area contributed by atoms with Gasteiger partial charge >= 0.3 is 5.97 Å². The molecule has 1 unspecified atom stereocenters. The van der Waals surface area contributed by atoms with Crippen LogP contribution in [0.15, 0.2) is 18.2 Å². The van der Waals surface area contributed by atoms with Crippen molar-refractivity contribution in [2.75, 3.05) is 13.1 Å². The highest BCUT2D eigenvalue weighted by Crippen LogP contribution is 2.35. The minimum absolute atomic E-state index is 0.106. The van der Waals surface area contributed by atoms with Crippen LogP contribution in [-0.4, -0.2) is 40.1 Å². The molecule has 1 aliphatic rings. The quantitative estimate of drug-likeness (QED) is 0.898. The number of carbonyl (C=O) groups is 2. The van der Waals surface area contributed by atoms with E-state index in [1.807, 2.05) is 0 Å². The molecule has 0 aromatic heterocycles. The Labute approximate surface area is 121 Å². The zero-order chi connectivity index (χ0) is 14.9. The lowest BCUT2D eigenvalue weighted by atomic mass is 9.84. The summed E-state index contributed by atoms with van der Waals surface area (Å²) in [6, 6.07) is 4.24. The Balaban J connectivity index is 2.24. The number of aliphatic carboxylic acids is 1. The van der Waals surface area contributed by atoms with Gasteiger partial charge < -0.3 is 15.1 Å². The first-order chi connectivity index (χ1) is 9.39. The summed E-state index contributed by atoms with van der Waals surface area (Å²) < 4.78 is 0. The van der Waals surface area contributed by atoms with E-state index in [9.17, 15) is 19.8 Å². The SMILES string of the molecule is CCC1(C(=O)O)CCN(C(=O)c2cc(Cl)ccc2O)C1. The minimum atomic E-state index is -0.885. The van der Waals surface area contributed by atoms with Gasteiger partial charge in [-0.15, -0.1) is 0 Å². The zero-order valence-electron chi connectivity index (χ0n) is 11.1. The Kier molecular flexibility index (Phi) is 3.90. The van der Waals surface area contributed by atoms with Crippen molar-refractivity contribution in [2.45, 2.75) is 19.8 Å². The molecule has 2 rings (SSSR count). The van der Waals surface area contributed by atoms with E-state index in [-0.39, 0.29) is 23.8 Å². The van der Waals surface area contributed by atoms with Crippen molar-refractivity contribution >= 4 is 23.5 Å². The van der Waals surface area contributed by atoms with Crippen LogP contribution in [0.5, 0.6) is 5.75 Å². The van der Waals surface area contributed by atoms with E-state index < -0.39 is 11.4 Å². The topological polar surface area (TPSA) is 77.8 Å². The highest BCUT2D eigenvalue weighted by Gasteiger charge is 2.45. The van der Waals surface area contributed by atoms with Crippen molar-refractivity contribution in [3.63, 3.8) is 0 Å². The lowest BCUT2D eigenvalue weighted by Gasteiger charge is -2.23. The molecule has 1 amide bonds. The maximum Gasteiger partial charge on any atom is 0.311 e. The molecule has 0 bridgehead atoms. The van der Waals surface area contributed by atoms with Gasteiger partial charge in [0.05, 0.1) is 11.0 Å². The molecule has 1 aromatic carbocycles. The number of hydrogen-bond acceptors (Lipinski definition) is 3. The lowest BCUT2D eigenvalue weighted by molar-refractivity contribution is -0.148. The predicted octanol–water partition coefficient (Wildman–Crippen LogP) is 2.37. The predicted molar refractivity (Wildman–Crippen MR) is 74.0 cm³/mol. The van der Waals surface area contributed by atoms with E-state index in [0.717, 1.165) is 0 Å². The Bertz CT molecular complexity index is 560. The van der Waals surface area contributed by atoms with Crippen molar-refractivity contribution in [2.24, 2.45) is 5.41 Å². The van der Waals surface area contributed by atoms with Crippen LogP contribution in [0, 0.1) is 5.41 Å². The molecule has 1 saturated heterocycles. The van der Waals surface area contributed by atoms with Crippen LogP contribution in [0.1, 0.15) is 30.1 Å². The maximum atomic E-state index is 12.4. The number of benzene rings is 1. The lowest BCUT2D eigenvalue weighted by Crippen LogP contribution is -2.36.